The molecule has 2 heterocycles. The van der Waals surface area contributed by atoms with Crippen LogP contribution in [0.4, 0.5) is 0 Å². The Bertz CT molecular complexity index is 773. The summed E-state index contributed by atoms with van der Waals surface area (Å²) in [4.78, 5) is 14.8. The number of piperidine rings is 1. The molecule has 2 atom stereocenters. The molecule has 0 spiro atoms. The fraction of sp³-hybridized carbons (Fsp3) is 0.550. The second-order valence-corrected chi connectivity index (χ2v) is 9.23. The number of morpholine rings is 1. The van der Waals surface area contributed by atoms with Crippen molar-refractivity contribution in [1.82, 2.24) is 9.21 Å². The van der Waals surface area contributed by atoms with Crippen LogP contribution in [0.3, 0.4) is 0 Å². The summed E-state index contributed by atoms with van der Waals surface area (Å²) in [6, 6.07) is 7.18. The lowest BCUT2D eigenvalue weighted by atomic mass is 9.97. The van der Waals surface area contributed by atoms with Gasteiger partial charge in [-0.15, -0.1) is 0 Å². The lowest BCUT2D eigenvalue weighted by molar-refractivity contribution is -0.131. The summed E-state index contributed by atoms with van der Waals surface area (Å²) < 4.78 is 31.9. The molecule has 0 radical (unpaired) electrons. The van der Waals surface area contributed by atoms with E-state index in [0.717, 1.165) is 24.8 Å². The monoisotopic (exact) mass is 392 g/mol. The standard InChI is InChI=1S/C20H28N2O4S/c1-16-4-3-5-17(2)22(16)20(23)11-8-18-6-9-19(10-7-18)27(24,25)21-12-14-26-15-13-21/h6-11,16-17H,3-5,12-15H2,1-2H3/b11-8+/t16-,17-/m1/s1. The van der Waals surface area contributed by atoms with Gasteiger partial charge in [0.1, 0.15) is 0 Å². The summed E-state index contributed by atoms with van der Waals surface area (Å²) >= 11 is 0. The third-order valence-corrected chi connectivity index (χ3v) is 7.27. The van der Waals surface area contributed by atoms with E-state index in [1.807, 2.05) is 4.90 Å². The Hall–Kier alpha value is -1.70. The molecule has 3 rings (SSSR count). The van der Waals surface area contributed by atoms with E-state index in [1.54, 1.807) is 36.4 Å². The number of hydrogen-bond donors (Lipinski definition) is 0. The van der Waals surface area contributed by atoms with Crippen molar-refractivity contribution in [2.75, 3.05) is 26.3 Å². The highest BCUT2D eigenvalue weighted by molar-refractivity contribution is 7.89. The van der Waals surface area contributed by atoms with Crippen molar-refractivity contribution in [2.24, 2.45) is 0 Å². The van der Waals surface area contributed by atoms with Crippen molar-refractivity contribution in [3.8, 4) is 0 Å². The van der Waals surface area contributed by atoms with Crippen molar-refractivity contribution < 1.29 is 17.9 Å². The van der Waals surface area contributed by atoms with E-state index in [-0.39, 0.29) is 22.9 Å². The first-order chi connectivity index (χ1) is 12.9. The number of carbonyl (C=O) groups excluding carboxylic acids is 1. The van der Waals surface area contributed by atoms with Crippen molar-refractivity contribution >= 4 is 22.0 Å². The summed E-state index contributed by atoms with van der Waals surface area (Å²) in [5, 5.41) is 0. The summed E-state index contributed by atoms with van der Waals surface area (Å²) in [5.41, 5.74) is 0.807. The minimum Gasteiger partial charge on any atom is -0.379 e. The highest BCUT2D eigenvalue weighted by Gasteiger charge is 2.28. The topological polar surface area (TPSA) is 66.9 Å². The molecule has 1 amide bonds. The molecule has 0 aromatic heterocycles. The molecule has 2 aliphatic rings. The molecule has 2 fully saturated rings. The van der Waals surface area contributed by atoms with Gasteiger partial charge in [0.15, 0.2) is 0 Å². The van der Waals surface area contributed by atoms with Crippen LogP contribution >= 0.6 is 0 Å². The summed E-state index contributed by atoms with van der Waals surface area (Å²) in [7, 11) is -3.49. The van der Waals surface area contributed by atoms with Gasteiger partial charge < -0.3 is 9.64 Å². The number of carbonyl (C=O) groups is 1. The minimum absolute atomic E-state index is 0.0136. The van der Waals surface area contributed by atoms with E-state index < -0.39 is 10.0 Å². The number of rotatable bonds is 4. The smallest absolute Gasteiger partial charge is 0.247 e. The van der Waals surface area contributed by atoms with Crippen LogP contribution < -0.4 is 0 Å². The molecular weight excluding hydrogens is 364 g/mol. The number of hydrogen-bond acceptors (Lipinski definition) is 4. The number of sulfonamides is 1. The molecule has 1 aromatic carbocycles. The van der Waals surface area contributed by atoms with E-state index >= 15 is 0 Å². The fourth-order valence-corrected chi connectivity index (χ4v) is 5.20. The Labute approximate surface area is 161 Å². The van der Waals surface area contributed by atoms with Crippen LogP contribution in [-0.2, 0) is 19.6 Å². The Kier molecular flexibility index (Phi) is 6.34. The molecule has 1 aromatic rings. The molecule has 7 heteroatoms. The second kappa shape index (κ2) is 8.54. The molecule has 6 nitrogen and oxygen atoms in total. The Morgan fingerprint density at radius 3 is 2.26 bits per heavy atom. The zero-order valence-electron chi connectivity index (χ0n) is 16.0. The molecule has 0 saturated carbocycles. The van der Waals surface area contributed by atoms with E-state index in [1.165, 1.54) is 4.31 Å². The zero-order chi connectivity index (χ0) is 19.4. The van der Waals surface area contributed by atoms with E-state index in [0.29, 0.717) is 26.3 Å². The van der Waals surface area contributed by atoms with Gasteiger partial charge in [0, 0.05) is 31.2 Å². The number of likely N-dealkylation sites (tertiary alicyclic amines) is 1. The van der Waals surface area contributed by atoms with Crippen LogP contribution in [0, 0.1) is 0 Å². The first kappa shape index (κ1) is 20.0. The number of ether oxygens (including phenoxy) is 1. The number of benzene rings is 1. The molecule has 148 valence electrons. The van der Waals surface area contributed by atoms with Crippen LogP contribution in [0.25, 0.3) is 6.08 Å². The average Bonchev–Trinajstić information content (AvgIpc) is 2.67. The van der Waals surface area contributed by atoms with Crippen LogP contribution in [0.1, 0.15) is 38.7 Å². The summed E-state index contributed by atoms with van der Waals surface area (Å²) in [6.45, 7) is 5.79. The highest BCUT2D eigenvalue weighted by Crippen LogP contribution is 2.23. The average molecular weight is 393 g/mol. The zero-order valence-corrected chi connectivity index (χ0v) is 16.8. The van der Waals surface area contributed by atoms with E-state index in [9.17, 15) is 13.2 Å². The maximum Gasteiger partial charge on any atom is 0.247 e. The lowest BCUT2D eigenvalue weighted by Gasteiger charge is -2.38. The fourth-order valence-electron chi connectivity index (χ4n) is 3.80. The van der Waals surface area contributed by atoms with Crippen molar-refractivity contribution in [3.05, 3.63) is 35.9 Å². The maximum absolute atomic E-state index is 12.6. The molecule has 27 heavy (non-hydrogen) atoms. The van der Waals surface area contributed by atoms with Crippen molar-refractivity contribution in [3.63, 3.8) is 0 Å². The minimum atomic E-state index is -3.49. The molecule has 0 unspecified atom stereocenters. The summed E-state index contributed by atoms with van der Waals surface area (Å²) in [6.07, 6.45) is 6.58. The van der Waals surface area contributed by atoms with Gasteiger partial charge in [-0.1, -0.05) is 12.1 Å². The molecule has 0 N–H and O–H groups in total. The maximum atomic E-state index is 12.6. The highest BCUT2D eigenvalue weighted by atomic mass is 32.2. The summed E-state index contributed by atoms with van der Waals surface area (Å²) in [5.74, 6) is 0.0136. The van der Waals surface area contributed by atoms with Crippen LogP contribution in [-0.4, -0.2) is 61.9 Å². The quantitative estimate of drug-likeness (QED) is 0.739. The molecular formula is C20H28N2O4S. The van der Waals surface area contributed by atoms with Gasteiger partial charge >= 0.3 is 0 Å². The first-order valence-corrected chi connectivity index (χ1v) is 11.0. The second-order valence-electron chi connectivity index (χ2n) is 7.29. The molecule has 2 saturated heterocycles. The number of nitrogens with zero attached hydrogens (tertiary/aromatic N) is 2. The first-order valence-electron chi connectivity index (χ1n) is 9.58. The van der Waals surface area contributed by atoms with Gasteiger partial charge in [0.05, 0.1) is 18.1 Å². The largest absolute Gasteiger partial charge is 0.379 e. The molecule has 0 bridgehead atoms. The normalized spacial score (nSPS) is 25.0. The SMILES string of the molecule is C[C@@H]1CCC[C@@H](C)N1C(=O)/C=C/c1ccc(S(=O)(=O)N2CCOCC2)cc1. The predicted molar refractivity (Wildman–Crippen MR) is 105 cm³/mol. The van der Waals surface area contributed by atoms with Gasteiger partial charge in [-0.2, -0.15) is 4.31 Å². The Morgan fingerprint density at radius 1 is 1.07 bits per heavy atom. The predicted octanol–water partition coefficient (Wildman–Crippen LogP) is 2.51. The van der Waals surface area contributed by atoms with Gasteiger partial charge in [-0.25, -0.2) is 8.42 Å². The Balaban J connectivity index is 1.68. The molecule has 0 aliphatic carbocycles. The van der Waals surface area contributed by atoms with Crippen LogP contribution in [0.2, 0.25) is 0 Å². The van der Waals surface area contributed by atoms with E-state index in [4.69, 9.17) is 4.74 Å². The molecule has 2 aliphatic heterocycles. The van der Waals surface area contributed by atoms with Crippen LogP contribution in [0.5, 0.6) is 0 Å². The number of amides is 1. The Morgan fingerprint density at radius 2 is 1.67 bits per heavy atom. The lowest BCUT2D eigenvalue weighted by Crippen LogP contribution is -2.46. The van der Waals surface area contributed by atoms with Gasteiger partial charge in [-0.3, -0.25) is 4.79 Å². The third kappa shape index (κ3) is 4.59. The van der Waals surface area contributed by atoms with Crippen molar-refractivity contribution in [1.29, 1.82) is 0 Å². The van der Waals surface area contributed by atoms with Gasteiger partial charge in [0.2, 0.25) is 15.9 Å². The third-order valence-electron chi connectivity index (χ3n) is 5.35. The van der Waals surface area contributed by atoms with Gasteiger partial charge in [0.25, 0.3) is 0 Å². The van der Waals surface area contributed by atoms with Gasteiger partial charge in [-0.05, 0) is 56.9 Å². The van der Waals surface area contributed by atoms with Crippen LogP contribution in [0.15, 0.2) is 35.2 Å². The van der Waals surface area contributed by atoms with Crippen molar-refractivity contribution in [2.45, 2.75) is 50.1 Å². The van der Waals surface area contributed by atoms with E-state index in [2.05, 4.69) is 13.8 Å².